The van der Waals surface area contributed by atoms with Crippen LogP contribution < -0.4 is 5.32 Å². The van der Waals surface area contributed by atoms with Gasteiger partial charge in [-0.3, -0.25) is 9.59 Å². The van der Waals surface area contributed by atoms with Crippen LogP contribution in [0.15, 0.2) is 66.7 Å². The summed E-state index contributed by atoms with van der Waals surface area (Å²) >= 11 is 0. The summed E-state index contributed by atoms with van der Waals surface area (Å²) in [4.78, 5) is 29.3. The van der Waals surface area contributed by atoms with Gasteiger partial charge in [0.15, 0.2) is 0 Å². The number of likely N-dealkylation sites (tertiary alicyclic amines) is 1. The molecule has 0 aromatic heterocycles. The molecule has 1 aliphatic rings. The molecule has 4 rings (SSSR count). The fourth-order valence-corrected chi connectivity index (χ4v) is 5.34. The molecule has 0 bridgehead atoms. The van der Waals surface area contributed by atoms with E-state index in [2.05, 4.69) is 26.1 Å². The second kappa shape index (κ2) is 10.9. The highest BCUT2D eigenvalue weighted by Crippen LogP contribution is 2.39. The molecule has 3 aromatic rings. The zero-order valence-corrected chi connectivity index (χ0v) is 23.7. The van der Waals surface area contributed by atoms with Gasteiger partial charge in [0.05, 0.1) is 23.1 Å². The monoisotopic (exact) mass is 530 g/mol. The van der Waals surface area contributed by atoms with Crippen molar-refractivity contribution in [2.24, 2.45) is 5.92 Å². The predicted octanol–water partition coefficient (Wildman–Crippen LogP) is 6.89. The maximum Gasteiger partial charge on any atom is 0.257 e. The minimum absolute atomic E-state index is 0.0366. The maximum absolute atomic E-state index is 14.9. The van der Waals surface area contributed by atoms with E-state index in [9.17, 15) is 19.1 Å². The lowest BCUT2D eigenvalue weighted by Crippen LogP contribution is -2.46. The van der Waals surface area contributed by atoms with Crippen LogP contribution in [0, 0.1) is 18.7 Å². The van der Waals surface area contributed by atoms with Crippen LogP contribution in [0.1, 0.15) is 86.1 Å². The van der Waals surface area contributed by atoms with Crippen molar-refractivity contribution in [1.29, 1.82) is 0 Å². The number of hydrogen-bond acceptors (Lipinski definition) is 3. The van der Waals surface area contributed by atoms with E-state index in [-0.39, 0.29) is 16.9 Å². The molecule has 206 valence electrons. The quantitative estimate of drug-likeness (QED) is 0.377. The molecule has 1 fully saturated rings. The molecule has 1 aliphatic heterocycles. The molecule has 2 N–H and O–H groups in total. The van der Waals surface area contributed by atoms with Crippen LogP contribution >= 0.6 is 0 Å². The molecule has 6 heteroatoms. The van der Waals surface area contributed by atoms with Crippen molar-refractivity contribution in [2.75, 3.05) is 11.9 Å². The molecule has 1 saturated heterocycles. The van der Waals surface area contributed by atoms with Crippen LogP contribution in [-0.2, 0) is 15.8 Å². The van der Waals surface area contributed by atoms with Crippen LogP contribution in [-0.4, -0.2) is 28.4 Å². The first kappa shape index (κ1) is 28.5. The summed E-state index contributed by atoms with van der Waals surface area (Å²) in [5.74, 6) is -1.71. The normalized spacial score (nSPS) is 18.1. The van der Waals surface area contributed by atoms with Crippen molar-refractivity contribution < 1.29 is 19.1 Å². The molecule has 0 radical (unpaired) electrons. The number of rotatable bonds is 5. The maximum atomic E-state index is 14.9. The van der Waals surface area contributed by atoms with E-state index in [1.165, 1.54) is 6.07 Å². The van der Waals surface area contributed by atoms with Crippen molar-refractivity contribution in [3.63, 3.8) is 0 Å². The largest absolute Gasteiger partial charge is 0.386 e. The second-order valence-corrected chi connectivity index (χ2v) is 12.1. The number of carbonyl (C=O) groups is 2. The average molecular weight is 531 g/mol. The summed E-state index contributed by atoms with van der Waals surface area (Å²) in [6, 6.07) is 19.2. The molecule has 2 amide bonds. The number of amides is 2. The Hall–Kier alpha value is -3.51. The fourth-order valence-electron chi connectivity index (χ4n) is 5.34. The van der Waals surface area contributed by atoms with E-state index < -0.39 is 29.3 Å². The molecular weight excluding hydrogens is 491 g/mol. The number of aliphatic hydroxyl groups is 1. The highest BCUT2D eigenvalue weighted by molar-refractivity contribution is 5.98. The zero-order valence-electron chi connectivity index (χ0n) is 23.7. The number of benzene rings is 3. The third-order valence-corrected chi connectivity index (χ3v) is 7.62. The molecule has 3 aromatic carbocycles. The van der Waals surface area contributed by atoms with Crippen molar-refractivity contribution in [3.8, 4) is 0 Å². The Morgan fingerprint density at radius 2 is 1.62 bits per heavy atom. The summed E-state index contributed by atoms with van der Waals surface area (Å²) in [7, 11) is 0. The van der Waals surface area contributed by atoms with Crippen LogP contribution in [0.25, 0.3) is 0 Å². The number of nitrogens with one attached hydrogen (secondary N) is 1. The molecule has 1 heterocycles. The second-order valence-electron chi connectivity index (χ2n) is 12.1. The molecule has 0 saturated carbocycles. The van der Waals surface area contributed by atoms with E-state index >= 15 is 0 Å². The zero-order chi connectivity index (χ0) is 28.5. The van der Waals surface area contributed by atoms with Gasteiger partial charge in [-0.05, 0) is 79.5 Å². The lowest BCUT2D eigenvalue weighted by Gasteiger charge is -2.41. The lowest BCUT2D eigenvalue weighted by molar-refractivity contribution is -0.123. The molecule has 5 nitrogen and oxygen atoms in total. The Kier molecular flexibility index (Phi) is 7.99. The van der Waals surface area contributed by atoms with E-state index in [0.29, 0.717) is 30.6 Å². The highest BCUT2D eigenvalue weighted by Gasteiger charge is 2.40. The van der Waals surface area contributed by atoms with Crippen LogP contribution in [0.2, 0.25) is 0 Å². The number of nitrogens with zero attached hydrogens (tertiary/aromatic N) is 1. The summed E-state index contributed by atoms with van der Waals surface area (Å²) in [6.07, 6.45) is 1.21. The Morgan fingerprint density at radius 3 is 2.23 bits per heavy atom. The number of hydrogen-bond donors (Lipinski definition) is 2. The summed E-state index contributed by atoms with van der Waals surface area (Å²) in [6.45, 7) is 11.9. The van der Waals surface area contributed by atoms with Gasteiger partial charge in [-0.15, -0.1) is 0 Å². The van der Waals surface area contributed by atoms with Gasteiger partial charge in [-0.1, -0.05) is 69.3 Å². The van der Waals surface area contributed by atoms with Crippen LogP contribution in [0.4, 0.5) is 10.1 Å². The molecule has 0 spiro atoms. The summed E-state index contributed by atoms with van der Waals surface area (Å²) < 4.78 is 14.9. The number of aryl methyl sites for hydroxylation is 1. The molecule has 2 atom stereocenters. The van der Waals surface area contributed by atoms with Gasteiger partial charge in [0.1, 0.15) is 5.82 Å². The van der Waals surface area contributed by atoms with Gasteiger partial charge in [-0.25, -0.2) is 4.39 Å². The van der Waals surface area contributed by atoms with Crippen molar-refractivity contribution in [2.45, 2.75) is 71.4 Å². The Balaban J connectivity index is 1.73. The average Bonchev–Trinajstić information content (AvgIpc) is 2.87. The van der Waals surface area contributed by atoms with Crippen LogP contribution in [0.3, 0.4) is 0 Å². The molecule has 39 heavy (non-hydrogen) atoms. The van der Waals surface area contributed by atoms with Gasteiger partial charge >= 0.3 is 0 Å². The minimum Gasteiger partial charge on any atom is -0.386 e. The van der Waals surface area contributed by atoms with Gasteiger partial charge < -0.3 is 15.3 Å². The SMILES string of the molecule is Cc1cccc(F)c1C(=O)N1CCCC(C(=O)Nc2cccc(C(C)(C)C)c2)C1c1ccc(C(C)(C)O)cc1. The third-order valence-electron chi connectivity index (χ3n) is 7.62. The summed E-state index contributed by atoms with van der Waals surface area (Å²) in [5, 5.41) is 13.5. The van der Waals surface area contributed by atoms with E-state index in [1.54, 1.807) is 37.8 Å². The van der Waals surface area contributed by atoms with Crippen molar-refractivity contribution in [3.05, 3.63) is 100 Å². The standard InChI is InChI=1S/C33H39FN2O3/c1-21-10-7-14-27(34)28(21)31(38)36-19-9-13-26(29(36)22-15-17-23(18-16-22)33(5,6)39)30(37)35-25-12-8-11-24(20-25)32(2,3)4/h7-8,10-12,14-18,20,26,29,39H,9,13,19H2,1-6H3,(H,35,37). The lowest BCUT2D eigenvalue weighted by atomic mass is 9.82. The molecular formula is C33H39FN2O3. The number of carbonyl (C=O) groups excluding carboxylic acids is 2. The molecule has 0 aliphatic carbocycles. The van der Waals surface area contributed by atoms with E-state index in [4.69, 9.17) is 0 Å². The Labute approximate surface area is 231 Å². The Morgan fingerprint density at radius 1 is 0.949 bits per heavy atom. The fraction of sp³-hybridized carbons (Fsp3) is 0.394. The number of anilines is 1. The van der Waals surface area contributed by atoms with E-state index in [1.807, 2.05) is 48.5 Å². The smallest absolute Gasteiger partial charge is 0.257 e. The summed E-state index contributed by atoms with van der Waals surface area (Å²) in [5.41, 5.74) is 2.80. The van der Waals surface area contributed by atoms with Crippen molar-refractivity contribution >= 4 is 17.5 Å². The van der Waals surface area contributed by atoms with Gasteiger partial charge in [0, 0.05) is 12.2 Å². The molecule has 2 unspecified atom stereocenters. The van der Waals surface area contributed by atoms with E-state index in [0.717, 1.165) is 16.7 Å². The van der Waals surface area contributed by atoms with Gasteiger partial charge in [-0.2, -0.15) is 0 Å². The Bertz CT molecular complexity index is 1330. The predicted molar refractivity (Wildman–Crippen MR) is 153 cm³/mol. The van der Waals surface area contributed by atoms with Crippen LogP contribution in [0.5, 0.6) is 0 Å². The van der Waals surface area contributed by atoms with Gasteiger partial charge in [0.2, 0.25) is 5.91 Å². The van der Waals surface area contributed by atoms with Gasteiger partial charge in [0.25, 0.3) is 5.91 Å². The minimum atomic E-state index is -1.03. The highest BCUT2D eigenvalue weighted by atomic mass is 19.1. The number of halogens is 1. The topological polar surface area (TPSA) is 69.6 Å². The third kappa shape index (κ3) is 6.22. The number of piperidine rings is 1. The first-order valence-corrected chi connectivity index (χ1v) is 13.6. The van der Waals surface area contributed by atoms with Crippen molar-refractivity contribution in [1.82, 2.24) is 4.90 Å². The first-order valence-electron chi connectivity index (χ1n) is 13.6. The first-order chi connectivity index (χ1) is 18.3.